The fraction of sp³-hybridized carbons (Fsp3) is 0.190. The molecule has 0 spiro atoms. The van der Waals surface area contributed by atoms with Gasteiger partial charge in [0.15, 0.2) is 11.5 Å². The van der Waals surface area contributed by atoms with E-state index in [9.17, 15) is 4.79 Å². The summed E-state index contributed by atoms with van der Waals surface area (Å²) in [7, 11) is 4.94. The van der Waals surface area contributed by atoms with Gasteiger partial charge in [-0.25, -0.2) is 0 Å². The fourth-order valence-electron chi connectivity index (χ4n) is 2.95. The number of nitrogens with zero attached hydrogens (tertiary/aromatic N) is 1. The molecule has 25 heavy (non-hydrogen) atoms. The number of methoxy groups -OCH3 is 2. The first kappa shape index (κ1) is 16.8. The van der Waals surface area contributed by atoms with Gasteiger partial charge in [0.1, 0.15) is 0 Å². The lowest BCUT2D eigenvalue weighted by molar-refractivity contribution is 0.0785. The summed E-state index contributed by atoms with van der Waals surface area (Å²) in [4.78, 5) is 14.5. The second-order valence-corrected chi connectivity index (χ2v) is 5.87. The molecule has 0 aliphatic carbocycles. The smallest absolute Gasteiger partial charge is 0.254 e. The third kappa shape index (κ3) is 3.43. The maximum atomic E-state index is 12.8. The first-order valence-electron chi connectivity index (χ1n) is 8.08. The molecule has 0 saturated heterocycles. The van der Waals surface area contributed by atoms with E-state index in [1.807, 2.05) is 18.2 Å². The van der Waals surface area contributed by atoms with Gasteiger partial charge in [-0.3, -0.25) is 4.79 Å². The highest BCUT2D eigenvalue weighted by Gasteiger charge is 2.15. The lowest BCUT2D eigenvalue weighted by atomic mass is 10.0. The molecule has 128 valence electrons. The predicted octanol–water partition coefficient (Wildman–Crippen LogP) is 4.13. The minimum atomic E-state index is -0.0612. The summed E-state index contributed by atoms with van der Waals surface area (Å²) in [6.07, 6.45) is 0. The van der Waals surface area contributed by atoms with E-state index in [-0.39, 0.29) is 5.91 Å². The standard InChI is InChI=1S/C21H21NO3/c1-22(14-17-9-6-8-15-7-4-5-10-18(15)17)21(23)16-11-12-19(24-2)20(13-16)25-3/h4-13H,14H2,1-3H3. The Morgan fingerprint density at radius 1 is 0.920 bits per heavy atom. The summed E-state index contributed by atoms with van der Waals surface area (Å²) >= 11 is 0. The topological polar surface area (TPSA) is 38.8 Å². The largest absolute Gasteiger partial charge is 0.493 e. The number of carbonyl (C=O) groups is 1. The van der Waals surface area contributed by atoms with Crippen LogP contribution in [0.5, 0.6) is 11.5 Å². The Morgan fingerprint density at radius 2 is 1.64 bits per heavy atom. The summed E-state index contributed by atoms with van der Waals surface area (Å²) < 4.78 is 10.5. The second kappa shape index (κ2) is 7.26. The maximum Gasteiger partial charge on any atom is 0.254 e. The van der Waals surface area contributed by atoms with Crippen molar-refractivity contribution >= 4 is 16.7 Å². The van der Waals surface area contributed by atoms with Crippen molar-refractivity contribution in [1.29, 1.82) is 0 Å². The average Bonchev–Trinajstić information content (AvgIpc) is 2.67. The molecule has 3 rings (SSSR count). The second-order valence-electron chi connectivity index (χ2n) is 5.87. The number of rotatable bonds is 5. The normalized spacial score (nSPS) is 10.5. The van der Waals surface area contributed by atoms with E-state index in [1.165, 1.54) is 5.39 Å². The molecule has 3 aromatic rings. The van der Waals surface area contributed by atoms with Crippen LogP contribution in [0.2, 0.25) is 0 Å². The van der Waals surface area contributed by atoms with Crippen LogP contribution in [0.15, 0.2) is 60.7 Å². The van der Waals surface area contributed by atoms with Crippen molar-refractivity contribution in [3.8, 4) is 11.5 Å². The SMILES string of the molecule is COc1ccc(C(=O)N(C)Cc2cccc3ccccc23)cc1OC. The Kier molecular flexibility index (Phi) is 4.89. The van der Waals surface area contributed by atoms with Crippen LogP contribution >= 0.6 is 0 Å². The van der Waals surface area contributed by atoms with Crippen molar-refractivity contribution in [1.82, 2.24) is 4.90 Å². The van der Waals surface area contributed by atoms with E-state index in [4.69, 9.17) is 9.47 Å². The zero-order valence-electron chi connectivity index (χ0n) is 14.7. The number of amides is 1. The highest BCUT2D eigenvalue weighted by atomic mass is 16.5. The quantitative estimate of drug-likeness (QED) is 0.704. The van der Waals surface area contributed by atoms with Crippen LogP contribution in [0.3, 0.4) is 0 Å². The molecule has 4 heteroatoms. The number of ether oxygens (including phenoxy) is 2. The third-order valence-electron chi connectivity index (χ3n) is 4.26. The minimum Gasteiger partial charge on any atom is -0.493 e. The molecule has 1 amide bonds. The Balaban J connectivity index is 1.85. The molecule has 0 aliphatic rings. The zero-order chi connectivity index (χ0) is 17.8. The first-order chi connectivity index (χ1) is 12.1. The maximum absolute atomic E-state index is 12.8. The molecule has 0 N–H and O–H groups in total. The highest BCUT2D eigenvalue weighted by Crippen LogP contribution is 2.28. The number of carbonyl (C=O) groups excluding carboxylic acids is 1. The summed E-state index contributed by atoms with van der Waals surface area (Å²) in [5.74, 6) is 1.09. The molecule has 0 radical (unpaired) electrons. The Bertz CT molecular complexity index is 899. The van der Waals surface area contributed by atoms with Gasteiger partial charge in [0.2, 0.25) is 0 Å². The molecule has 3 aromatic carbocycles. The molecule has 0 heterocycles. The van der Waals surface area contributed by atoms with Gasteiger partial charge in [0.25, 0.3) is 5.91 Å². The van der Waals surface area contributed by atoms with Crippen molar-refractivity contribution in [2.75, 3.05) is 21.3 Å². The van der Waals surface area contributed by atoms with E-state index < -0.39 is 0 Å². The van der Waals surface area contributed by atoms with Gasteiger partial charge in [0.05, 0.1) is 14.2 Å². The summed E-state index contributed by atoms with van der Waals surface area (Å²) in [6, 6.07) is 19.6. The molecule has 0 aromatic heterocycles. The Morgan fingerprint density at radius 3 is 2.40 bits per heavy atom. The fourth-order valence-corrected chi connectivity index (χ4v) is 2.95. The van der Waals surface area contributed by atoms with Crippen molar-refractivity contribution in [3.05, 3.63) is 71.8 Å². The third-order valence-corrected chi connectivity index (χ3v) is 4.26. The van der Waals surface area contributed by atoms with Crippen LogP contribution in [0.1, 0.15) is 15.9 Å². The first-order valence-corrected chi connectivity index (χ1v) is 8.08. The van der Waals surface area contributed by atoms with Crippen LogP contribution < -0.4 is 9.47 Å². The van der Waals surface area contributed by atoms with E-state index in [0.29, 0.717) is 23.6 Å². The van der Waals surface area contributed by atoms with Gasteiger partial charge in [0, 0.05) is 19.2 Å². The van der Waals surface area contributed by atoms with Crippen molar-refractivity contribution in [2.24, 2.45) is 0 Å². The number of hydrogen-bond donors (Lipinski definition) is 0. The van der Waals surface area contributed by atoms with E-state index in [0.717, 1.165) is 10.9 Å². The van der Waals surface area contributed by atoms with E-state index in [2.05, 4.69) is 24.3 Å². The molecule has 0 bridgehead atoms. The van der Waals surface area contributed by atoms with Crippen molar-refractivity contribution in [2.45, 2.75) is 6.54 Å². The molecule has 0 unspecified atom stereocenters. The van der Waals surface area contributed by atoms with Gasteiger partial charge >= 0.3 is 0 Å². The molecule has 0 atom stereocenters. The molecule has 0 aliphatic heterocycles. The van der Waals surface area contributed by atoms with Crippen LogP contribution in [-0.2, 0) is 6.54 Å². The van der Waals surface area contributed by atoms with Crippen LogP contribution in [0.4, 0.5) is 0 Å². The van der Waals surface area contributed by atoms with E-state index in [1.54, 1.807) is 44.4 Å². The summed E-state index contributed by atoms with van der Waals surface area (Å²) in [5.41, 5.74) is 1.69. The van der Waals surface area contributed by atoms with Gasteiger partial charge in [-0.15, -0.1) is 0 Å². The monoisotopic (exact) mass is 335 g/mol. The van der Waals surface area contributed by atoms with Gasteiger partial charge in [-0.2, -0.15) is 0 Å². The molecule has 0 saturated carbocycles. The molecular weight excluding hydrogens is 314 g/mol. The predicted molar refractivity (Wildman–Crippen MR) is 99.3 cm³/mol. The summed E-state index contributed by atoms with van der Waals surface area (Å²) in [5, 5.41) is 2.34. The van der Waals surface area contributed by atoms with Crippen molar-refractivity contribution < 1.29 is 14.3 Å². The van der Waals surface area contributed by atoms with Crippen molar-refractivity contribution in [3.63, 3.8) is 0 Å². The van der Waals surface area contributed by atoms with Crippen LogP contribution in [0.25, 0.3) is 10.8 Å². The molecule has 0 fully saturated rings. The Hall–Kier alpha value is -3.01. The van der Waals surface area contributed by atoms with Gasteiger partial charge < -0.3 is 14.4 Å². The molecule has 4 nitrogen and oxygen atoms in total. The average molecular weight is 335 g/mol. The lowest BCUT2D eigenvalue weighted by Crippen LogP contribution is -2.26. The van der Waals surface area contributed by atoms with Crippen LogP contribution in [0, 0.1) is 0 Å². The highest BCUT2D eigenvalue weighted by molar-refractivity contribution is 5.95. The lowest BCUT2D eigenvalue weighted by Gasteiger charge is -2.19. The minimum absolute atomic E-state index is 0.0612. The van der Waals surface area contributed by atoms with Gasteiger partial charge in [-0.1, -0.05) is 42.5 Å². The molecular formula is C21H21NO3. The Labute approximate surface area is 147 Å². The number of benzene rings is 3. The number of fused-ring (bicyclic) bond motifs is 1. The van der Waals surface area contributed by atoms with E-state index >= 15 is 0 Å². The van der Waals surface area contributed by atoms with Crippen LogP contribution in [-0.4, -0.2) is 32.1 Å². The zero-order valence-corrected chi connectivity index (χ0v) is 14.7. The summed E-state index contributed by atoms with van der Waals surface area (Å²) in [6.45, 7) is 0.536. The van der Waals surface area contributed by atoms with Gasteiger partial charge in [-0.05, 0) is 34.5 Å². The number of hydrogen-bond acceptors (Lipinski definition) is 3.